The Kier molecular flexibility index (Phi) is 4.86. The lowest BCUT2D eigenvalue weighted by molar-refractivity contribution is -0.122. The van der Waals surface area contributed by atoms with Crippen LogP contribution in [0.3, 0.4) is 0 Å². The van der Waals surface area contributed by atoms with Crippen LogP contribution in [0.5, 0.6) is 0 Å². The van der Waals surface area contributed by atoms with Crippen LogP contribution in [0.2, 0.25) is 0 Å². The Morgan fingerprint density at radius 2 is 2.00 bits per heavy atom. The molecule has 25 heavy (non-hydrogen) atoms. The summed E-state index contributed by atoms with van der Waals surface area (Å²) in [5.41, 5.74) is 3.00. The molecule has 0 aliphatic carbocycles. The molecule has 0 aromatic heterocycles. The van der Waals surface area contributed by atoms with Crippen molar-refractivity contribution >= 4 is 39.1 Å². The summed E-state index contributed by atoms with van der Waals surface area (Å²) in [6, 6.07) is 14.4. The second-order valence-electron chi connectivity index (χ2n) is 6.02. The van der Waals surface area contributed by atoms with Crippen LogP contribution in [0.25, 0.3) is 0 Å². The van der Waals surface area contributed by atoms with Gasteiger partial charge in [-0.1, -0.05) is 15.9 Å². The van der Waals surface area contributed by atoms with Crippen LogP contribution in [0.4, 0.5) is 11.4 Å². The Labute approximate surface area is 154 Å². The summed E-state index contributed by atoms with van der Waals surface area (Å²) in [7, 11) is 0. The first-order valence-corrected chi connectivity index (χ1v) is 8.65. The number of anilines is 2. The van der Waals surface area contributed by atoms with Crippen LogP contribution in [0, 0.1) is 24.2 Å². The monoisotopic (exact) mass is 397 g/mol. The van der Waals surface area contributed by atoms with Gasteiger partial charge in [-0.3, -0.25) is 9.59 Å². The molecular formula is C19H16BrN3O2. The fraction of sp³-hybridized carbons (Fsp3) is 0.211. The summed E-state index contributed by atoms with van der Waals surface area (Å²) < 4.78 is 0.984. The fourth-order valence-corrected chi connectivity index (χ4v) is 3.05. The van der Waals surface area contributed by atoms with Gasteiger partial charge in [-0.25, -0.2) is 0 Å². The van der Waals surface area contributed by atoms with Crippen molar-refractivity contribution in [3.05, 3.63) is 58.1 Å². The average Bonchev–Trinajstić information content (AvgIpc) is 3.00. The van der Waals surface area contributed by atoms with E-state index in [1.54, 1.807) is 29.2 Å². The molecule has 1 N–H and O–H groups in total. The molecule has 1 atom stereocenters. The Morgan fingerprint density at radius 1 is 1.28 bits per heavy atom. The lowest BCUT2D eigenvalue weighted by Crippen LogP contribution is -2.28. The molecule has 6 heteroatoms. The number of nitrogens with zero attached hydrogens (tertiary/aromatic N) is 2. The van der Waals surface area contributed by atoms with Crippen LogP contribution >= 0.6 is 15.9 Å². The standard InChI is InChI=1S/C19H16BrN3O2/c1-12-8-16(6-7-17(12)20)23-11-14(9-18(23)24)19(25)22-15-4-2-13(10-21)3-5-15/h2-8,14H,9,11H2,1H3,(H,22,25). The highest BCUT2D eigenvalue weighted by molar-refractivity contribution is 9.10. The van der Waals surface area contributed by atoms with Gasteiger partial charge in [-0.15, -0.1) is 0 Å². The normalized spacial score (nSPS) is 16.6. The molecule has 1 unspecified atom stereocenters. The zero-order chi connectivity index (χ0) is 18.0. The summed E-state index contributed by atoms with van der Waals surface area (Å²) >= 11 is 3.45. The second-order valence-corrected chi connectivity index (χ2v) is 6.87. The molecule has 1 saturated heterocycles. The molecule has 0 spiro atoms. The topological polar surface area (TPSA) is 73.2 Å². The number of amides is 2. The molecule has 1 heterocycles. The molecule has 1 aliphatic rings. The summed E-state index contributed by atoms with van der Waals surface area (Å²) in [5.74, 6) is -0.636. The number of nitriles is 1. The highest BCUT2D eigenvalue weighted by Crippen LogP contribution is 2.29. The molecule has 2 amide bonds. The minimum atomic E-state index is -0.396. The van der Waals surface area contributed by atoms with Crippen LogP contribution in [0.1, 0.15) is 17.5 Å². The van der Waals surface area contributed by atoms with E-state index in [0.717, 1.165) is 15.7 Å². The van der Waals surface area contributed by atoms with Crippen LogP contribution in [-0.4, -0.2) is 18.4 Å². The van der Waals surface area contributed by atoms with Crippen LogP contribution in [0.15, 0.2) is 46.9 Å². The first-order valence-electron chi connectivity index (χ1n) is 7.85. The van der Waals surface area contributed by atoms with E-state index in [0.29, 0.717) is 17.8 Å². The van der Waals surface area contributed by atoms with Gasteiger partial charge >= 0.3 is 0 Å². The van der Waals surface area contributed by atoms with Crippen molar-refractivity contribution in [2.45, 2.75) is 13.3 Å². The third-order valence-electron chi connectivity index (χ3n) is 4.23. The summed E-state index contributed by atoms with van der Waals surface area (Å²) in [6.07, 6.45) is 0.192. The van der Waals surface area contributed by atoms with Gasteiger partial charge in [0.05, 0.1) is 17.6 Å². The van der Waals surface area contributed by atoms with E-state index in [4.69, 9.17) is 5.26 Å². The zero-order valence-electron chi connectivity index (χ0n) is 13.6. The van der Waals surface area contributed by atoms with Crippen molar-refractivity contribution in [1.82, 2.24) is 0 Å². The van der Waals surface area contributed by atoms with E-state index in [1.807, 2.05) is 31.2 Å². The van der Waals surface area contributed by atoms with E-state index in [9.17, 15) is 9.59 Å². The van der Waals surface area contributed by atoms with Gasteiger partial charge in [0, 0.05) is 28.8 Å². The number of rotatable bonds is 3. The number of nitrogens with one attached hydrogen (secondary N) is 1. The van der Waals surface area contributed by atoms with E-state index in [-0.39, 0.29) is 18.2 Å². The van der Waals surface area contributed by atoms with E-state index in [2.05, 4.69) is 21.2 Å². The minimum absolute atomic E-state index is 0.0540. The Balaban J connectivity index is 1.69. The highest BCUT2D eigenvalue weighted by atomic mass is 79.9. The van der Waals surface area contributed by atoms with Gasteiger partial charge in [-0.05, 0) is 55.0 Å². The SMILES string of the molecule is Cc1cc(N2CC(C(=O)Nc3ccc(C#N)cc3)CC2=O)ccc1Br. The molecule has 2 aromatic carbocycles. The quantitative estimate of drug-likeness (QED) is 0.859. The number of hydrogen-bond acceptors (Lipinski definition) is 3. The van der Waals surface area contributed by atoms with E-state index >= 15 is 0 Å². The Morgan fingerprint density at radius 3 is 2.64 bits per heavy atom. The van der Waals surface area contributed by atoms with Crippen molar-refractivity contribution in [2.24, 2.45) is 5.92 Å². The summed E-state index contributed by atoms with van der Waals surface area (Å²) in [4.78, 5) is 26.4. The maximum Gasteiger partial charge on any atom is 0.229 e. The molecular weight excluding hydrogens is 382 g/mol. The second kappa shape index (κ2) is 7.08. The minimum Gasteiger partial charge on any atom is -0.326 e. The van der Waals surface area contributed by atoms with Gasteiger partial charge in [-0.2, -0.15) is 5.26 Å². The highest BCUT2D eigenvalue weighted by Gasteiger charge is 2.35. The van der Waals surface area contributed by atoms with Gasteiger partial charge < -0.3 is 10.2 Å². The number of benzene rings is 2. The molecule has 0 radical (unpaired) electrons. The first kappa shape index (κ1) is 17.2. The third kappa shape index (κ3) is 3.72. The largest absolute Gasteiger partial charge is 0.326 e. The summed E-state index contributed by atoms with van der Waals surface area (Å²) in [5, 5.41) is 11.6. The van der Waals surface area contributed by atoms with Crippen molar-refractivity contribution in [3.8, 4) is 6.07 Å². The predicted molar refractivity (Wildman–Crippen MR) is 99.1 cm³/mol. The first-order chi connectivity index (χ1) is 12.0. The van der Waals surface area contributed by atoms with Gasteiger partial charge in [0.1, 0.15) is 0 Å². The smallest absolute Gasteiger partial charge is 0.229 e. The number of hydrogen-bond donors (Lipinski definition) is 1. The van der Waals surface area contributed by atoms with Crippen molar-refractivity contribution in [1.29, 1.82) is 5.26 Å². The maximum absolute atomic E-state index is 12.5. The Hall–Kier alpha value is -2.65. The summed E-state index contributed by atoms with van der Waals surface area (Å²) in [6.45, 7) is 2.32. The lowest BCUT2D eigenvalue weighted by atomic mass is 10.1. The van der Waals surface area contributed by atoms with E-state index in [1.165, 1.54) is 0 Å². The fourth-order valence-electron chi connectivity index (χ4n) is 2.80. The molecule has 1 fully saturated rings. The number of carbonyl (C=O) groups is 2. The van der Waals surface area contributed by atoms with Crippen LogP contribution < -0.4 is 10.2 Å². The molecule has 1 aliphatic heterocycles. The third-order valence-corrected chi connectivity index (χ3v) is 5.12. The molecule has 5 nitrogen and oxygen atoms in total. The molecule has 0 bridgehead atoms. The van der Waals surface area contributed by atoms with Crippen molar-refractivity contribution in [3.63, 3.8) is 0 Å². The van der Waals surface area contributed by atoms with Gasteiger partial charge in [0.2, 0.25) is 11.8 Å². The van der Waals surface area contributed by atoms with Gasteiger partial charge in [0.25, 0.3) is 0 Å². The molecule has 126 valence electrons. The number of carbonyl (C=O) groups excluding carboxylic acids is 2. The average molecular weight is 398 g/mol. The molecule has 2 aromatic rings. The van der Waals surface area contributed by atoms with Crippen molar-refractivity contribution in [2.75, 3.05) is 16.8 Å². The predicted octanol–water partition coefficient (Wildman–Crippen LogP) is 3.62. The van der Waals surface area contributed by atoms with Gasteiger partial charge in [0.15, 0.2) is 0 Å². The van der Waals surface area contributed by atoms with E-state index < -0.39 is 5.92 Å². The lowest BCUT2D eigenvalue weighted by Gasteiger charge is -2.17. The van der Waals surface area contributed by atoms with Crippen molar-refractivity contribution < 1.29 is 9.59 Å². The maximum atomic E-state index is 12.5. The zero-order valence-corrected chi connectivity index (χ0v) is 15.2. The molecule has 0 saturated carbocycles. The number of aryl methyl sites for hydroxylation is 1. The Bertz CT molecular complexity index is 871. The molecule has 3 rings (SSSR count). The van der Waals surface area contributed by atoms with Crippen LogP contribution in [-0.2, 0) is 9.59 Å². The number of halogens is 1.